The summed E-state index contributed by atoms with van der Waals surface area (Å²) >= 11 is 0. The van der Waals surface area contributed by atoms with Gasteiger partial charge in [0.25, 0.3) is 0 Å². The quantitative estimate of drug-likeness (QED) is 0.661. The monoisotopic (exact) mass is 261 g/mol. The molecule has 0 bridgehead atoms. The molecule has 0 spiro atoms. The number of alkyl halides is 9. The van der Waals surface area contributed by atoms with Gasteiger partial charge in [0.15, 0.2) is 6.67 Å². The van der Waals surface area contributed by atoms with E-state index in [0.29, 0.717) is 0 Å². The highest BCUT2D eigenvalue weighted by Gasteiger charge is 2.79. The minimum absolute atomic E-state index is 2.03. The molecule has 0 heterocycles. The number of rotatable bonds is 5. The van der Waals surface area contributed by atoms with Crippen molar-refractivity contribution in [3.8, 4) is 0 Å². The van der Waals surface area contributed by atoms with Crippen LogP contribution in [0.5, 0.6) is 0 Å². The van der Waals surface area contributed by atoms with Crippen molar-refractivity contribution in [2.75, 3.05) is 6.67 Å². The third kappa shape index (κ3) is 1.95. The van der Waals surface area contributed by atoms with Gasteiger partial charge in [0.2, 0.25) is 0 Å². The van der Waals surface area contributed by atoms with Gasteiger partial charge in [-0.2, -0.15) is 35.1 Å². The van der Waals surface area contributed by atoms with Crippen LogP contribution in [-0.2, 0) is 0 Å². The molecule has 0 saturated heterocycles. The van der Waals surface area contributed by atoms with Gasteiger partial charge in [-0.05, 0) is 6.92 Å². The van der Waals surface area contributed by atoms with E-state index in [2.05, 4.69) is 6.92 Å². The summed E-state index contributed by atoms with van der Waals surface area (Å²) in [4.78, 5) is 0. The Kier molecular flexibility index (Phi) is 3.83. The third-order valence-electron chi connectivity index (χ3n) is 1.79. The Bertz CT molecular complexity index is 218. The zero-order chi connectivity index (χ0) is 13.4. The highest BCUT2D eigenvalue weighted by Crippen LogP contribution is 2.53. The molecule has 0 aromatic rings. The molecular formula is C7H6F9. The summed E-state index contributed by atoms with van der Waals surface area (Å²) in [6.07, 6.45) is -2.03. The Morgan fingerprint density at radius 2 is 1.00 bits per heavy atom. The first-order chi connectivity index (χ1) is 6.87. The SMILES string of the molecule is [CH2]CC(F)(F)C(F)(F)C(F)(F)C(F)(F)CF. The summed E-state index contributed by atoms with van der Waals surface area (Å²) in [5.74, 6) is -24.2. The number of halogens is 9. The third-order valence-corrected chi connectivity index (χ3v) is 1.79. The standard InChI is InChI=1S/C7H6F9/c1-2-4(9,10)6(13,14)7(15,16)5(11,12)3-8/h1-3H2. The normalized spacial score (nSPS) is 15.4. The van der Waals surface area contributed by atoms with E-state index in [-0.39, 0.29) is 0 Å². The van der Waals surface area contributed by atoms with Crippen molar-refractivity contribution in [3.05, 3.63) is 6.92 Å². The molecule has 1 radical (unpaired) electrons. The number of hydrogen-bond acceptors (Lipinski definition) is 0. The van der Waals surface area contributed by atoms with Crippen molar-refractivity contribution in [2.45, 2.75) is 30.1 Å². The van der Waals surface area contributed by atoms with Gasteiger partial charge in [-0.1, -0.05) is 0 Å². The zero-order valence-corrected chi connectivity index (χ0v) is 7.52. The largest absolute Gasteiger partial charge is 0.380 e. The first-order valence-electron chi connectivity index (χ1n) is 3.74. The van der Waals surface area contributed by atoms with E-state index in [4.69, 9.17) is 0 Å². The Hall–Kier alpha value is -0.630. The molecule has 0 saturated carbocycles. The van der Waals surface area contributed by atoms with Crippen molar-refractivity contribution in [2.24, 2.45) is 0 Å². The van der Waals surface area contributed by atoms with Gasteiger partial charge < -0.3 is 0 Å². The van der Waals surface area contributed by atoms with Gasteiger partial charge in [-0.25, -0.2) is 4.39 Å². The van der Waals surface area contributed by atoms with Gasteiger partial charge in [0.05, 0.1) is 0 Å². The highest BCUT2D eigenvalue weighted by atomic mass is 19.4. The molecular weight excluding hydrogens is 255 g/mol. The first-order valence-corrected chi connectivity index (χ1v) is 3.74. The molecule has 0 unspecified atom stereocenters. The predicted molar refractivity (Wildman–Crippen MR) is 35.7 cm³/mol. The maximum Gasteiger partial charge on any atom is 0.380 e. The topological polar surface area (TPSA) is 0 Å². The molecule has 0 aliphatic heterocycles. The van der Waals surface area contributed by atoms with Crippen LogP contribution in [0.15, 0.2) is 0 Å². The van der Waals surface area contributed by atoms with E-state index in [1.807, 2.05) is 0 Å². The summed E-state index contributed by atoms with van der Waals surface area (Å²) in [7, 11) is 0. The molecule has 0 aromatic heterocycles. The van der Waals surface area contributed by atoms with Crippen molar-refractivity contribution in [1.29, 1.82) is 0 Å². The second-order valence-corrected chi connectivity index (χ2v) is 2.94. The molecule has 9 heteroatoms. The first kappa shape index (κ1) is 15.4. The zero-order valence-electron chi connectivity index (χ0n) is 7.52. The van der Waals surface area contributed by atoms with Gasteiger partial charge in [0, 0.05) is 6.42 Å². The van der Waals surface area contributed by atoms with Crippen LogP contribution in [0, 0.1) is 6.92 Å². The lowest BCUT2D eigenvalue weighted by molar-refractivity contribution is -0.366. The van der Waals surface area contributed by atoms with Crippen LogP contribution in [0.25, 0.3) is 0 Å². The lowest BCUT2D eigenvalue weighted by atomic mass is 9.98. The van der Waals surface area contributed by atoms with E-state index >= 15 is 0 Å². The minimum Gasteiger partial charge on any atom is -0.244 e. The second-order valence-electron chi connectivity index (χ2n) is 2.94. The Balaban J connectivity index is 5.46. The second kappa shape index (κ2) is 3.99. The van der Waals surface area contributed by atoms with Crippen LogP contribution in [-0.4, -0.2) is 30.4 Å². The summed E-state index contributed by atoms with van der Waals surface area (Å²) in [5, 5.41) is 0. The molecule has 0 atom stereocenters. The van der Waals surface area contributed by atoms with Crippen LogP contribution in [0.2, 0.25) is 0 Å². The molecule has 0 rings (SSSR count). The Labute approximate surface area is 84.4 Å². The van der Waals surface area contributed by atoms with Crippen LogP contribution < -0.4 is 0 Å². The molecule has 0 N–H and O–H groups in total. The van der Waals surface area contributed by atoms with E-state index in [1.54, 1.807) is 0 Å². The van der Waals surface area contributed by atoms with Crippen molar-refractivity contribution >= 4 is 0 Å². The van der Waals surface area contributed by atoms with Crippen molar-refractivity contribution in [3.63, 3.8) is 0 Å². The van der Waals surface area contributed by atoms with Gasteiger partial charge in [-0.15, -0.1) is 0 Å². The molecule has 97 valence electrons. The summed E-state index contributed by atoms with van der Waals surface area (Å²) in [6, 6.07) is 0. The Morgan fingerprint density at radius 1 is 0.688 bits per heavy atom. The van der Waals surface area contributed by atoms with E-state index < -0.39 is 36.8 Å². The summed E-state index contributed by atoms with van der Waals surface area (Å²) in [6.45, 7) is -0.935. The highest BCUT2D eigenvalue weighted by molar-refractivity contribution is 5.03. The minimum atomic E-state index is -6.50. The lowest BCUT2D eigenvalue weighted by Gasteiger charge is -2.35. The van der Waals surface area contributed by atoms with E-state index in [0.717, 1.165) is 0 Å². The summed E-state index contributed by atoms with van der Waals surface area (Å²) in [5.41, 5.74) is 0. The average Bonchev–Trinajstić information content (AvgIpc) is 2.16. The van der Waals surface area contributed by atoms with Crippen molar-refractivity contribution < 1.29 is 39.5 Å². The van der Waals surface area contributed by atoms with Gasteiger partial charge in [-0.3, -0.25) is 0 Å². The van der Waals surface area contributed by atoms with Gasteiger partial charge >= 0.3 is 23.7 Å². The Morgan fingerprint density at radius 3 is 1.25 bits per heavy atom. The van der Waals surface area contributed by atoms with E-state index in [9.17, 15) is 39.5 Å². The average molecular weight is 261 g/mol. The smallest absolute Gasteiger partial charge is 0.244 e. The maximum atomic E-state index is 12.5. The fraction of sp³-hybridized carbons (Fsp3) is 0.857. The van der Waals surface area contributed by atoms with E-state index in [1.165, 1.54) is 0 Å². The number of hydrogen-bond donors (Lipinski definition) is 0. The van der Waals surface area contributed by atoms with Crippen LogP contribution in [0.4, 0.5) is 39.5 Å². The molecule has 0 aliphatic rings. The fourth-order valence-electron chi connectivity index (χ4n) is 0.700. The van der Waals surface area contributed by atoms with Crippen LogP contribution >= 0.6 is 0 Å². The summed E-state index contributed by atoms with van der Waals surface area (Å²) < 4.78 is 110. The maximum absolute atomic E-state index is 12.5. The fourth-order valence-corrected chi connectivity index (χ4v) is 0.700. The van der Waals surface area contributed by atoms with Crippen LogP contribution in [0.1, 0.15) is 6.42 Å². The molecule has 0 fully saturated rings. The van der Waals surface area contributed by atoms with Gasteiger partial charge in [0.1, 0.15) is 0 Å². The molecule has 0 amide bonds. The molecule has 16 heavy (non-hydrogen) atoms. The molecule has 0 aliphatic carbocycles. The van der Waals surface area contributed by atoms with Crippen LogP contribution in [0.3, 0.4) is 0 Å². The van der Waals surface area contributed by atoms with Crippen molar-refractivity contribution in [1.82, 2.24) is 0 Å². The lowest BCUT2D eigenvalue weighted by Crippen LogP contribution is -2.62. The predicted octanol–water partition coefficient (Wildman–Crippen LogP) is 3.72. The molecule has 0 nitrogen and oxygen atoms in total. The molecule has 0 aromatic carbocycles.